The molecule has 3 aromatic rings. The van der Waals surface area contributed by atoms with Gasteiger partial charge in [0, 0.05) is 37.8 Å². The van der Waals surface area contributed by atoms with Crippen molar-refractivity contribution in [3.8, 4) is 22.4 Å². The quantitative estimate of drug-likeness (QED) is 0.345. The zero-order valence-corrected chi connectivity index (χ0v) is 15.4. The van der Waals surface area contributed by atoms with Gasteiger partial charge in [0.1, 0.15) is 6.20 Å². The number of nitrogens with zero attached hydrogens (tertiary/aromatic N) is 2. The van der Waals surface area contributed by atoms with Crippen LogP contribution >= 0.6 is 46.4 Å². The molecule has 3 rings (SSSR count). The van der Waals surface area contributed by atoms with E-state index in [2.05, 4.69) is 4.98 Å². The Morgan fingerprint density at radius 3 is 1.88 bits per heavy atom. The van der Waals surface area contributed by atoms with Crippen LogP contribution in [0.1, 0.15) is 0 Å². The number of benzene rings is 2. The molecule has 8 heteroatoms. The monoisotopic (exact) mass is 412 g/mol. The number of hydrogen-bond acceptors (Lipinski definition) is 3. The lowest BCUT2D eigenvalue weighted by Crippen LogP contribution is -1.95. The molecule has 0 saturated heterocycles. The van der Waals surface area contributed by atoms with Gasteiger partial charge in [0.25, 0.3) is 5.69 Å². The van der Waals surface area contributed by atoms with E-state index in [1.54, 1.807) is 36.4 Å². The van der Waals surface area contributed by atoms with Crippen LogP contribution in [0.4, 0.5) is 5.69 Å². The lowest BCUT2D eigenvalue weighted by molar-refractivity contribution is -0.385. The van der Waals surface area contributed by atoms with Crippen molar-refractivity contribution in [2.75, 3.05) is 0 Å². The van der Waals surface area contributed by atoms with Gasteiger partial charge >= 0.3 is 0 Å². The minimum Gasteiger partial charge on any atom is -0.258 e. The van der Waals surface area contributed by atoms with Crippen LogP contribution < -0.4 is 0 Å². The average molecular weight is 414 g/mol. The molecule has 1 heterocycles. The molecule has 0 aliphatic heterocycles. The fourth-order valence-corrected chi connectivity index (χ4v) is 3.37. The van der Waals surface area contributed by atoms with Gasteiger partial charge in [-0.15, -0.1) is 0 Å². The minimum absolute atomic E-state index is 0.158. The van der Waals surface area contributed by atoms with Gasteiger partial charge in [-0.3, -0.25) is 10.1 Å². The second-order valence-corrected chi connectivity index (χ2v) is 6.78. The van der Waals surface area contributed by atoms with E-state index in [1.807, 2.05) is 0 Å². The third kappa shape index (κ3) is 3.72. The Labute approximate surface area is 163 Å². The van der Waals surface area contributed by atoms with E-state index < -0.39 is 4.92 Å². The Morgan fingerprint density at radius 1 is 0.800 bits per heavy atom. The van der Waals surface area contributed by atoms with Crippen LogP contribution in [0.2, 0.25) is 20.1 Å². The van der Waals surface area contributed by atoms with Gasteiger partial charge in [-0.25, -0.2) is 4.98 Å². The van der Waals surface area contributed by atoms with Crippen LogP contribution in [0, 0.1) is 10.1 Å². The summed E-state index contributed by atoms with van der Waals surface area (Å²) in [5.41, 5.74) is 1.91. The number of hydrogen-bond donors (Lipinski definition) is 0. The van der Waals surface area contributed by atoms with Crippen LogP contribution in [0.5, 0.6) is 0 Å². The summed E-state index contributed by atoms with van der Waals surface area (Å²) in [5.74, 6) is 0. The first-order chi connectivity index (χ1) is 11.9. The van der Waals surface area contributed by atoms with Crippen molar-refractivity contribution < 1.29 is 4.92 Å². The summed E-state index contributed by atoms with van der Waals surface area (Å²) >= 11 is 24.4. The Morgan fingerprint density at radius 2 is 1.36 bits per heavy atom. The van der Waals surface area contributed by atoms with Gasteiger partial charge in [-0.1, -0.05) is 52.5 Å². The molecule has 0 N–H and O–H groups in total. The number of nitro groups is 1. The van der Waals surface area contributed by atoms with Gasteiger partial charge < -0.3 is 0 Å². The maximum atomic E-state index is 11.2. The van der Waals surface area contributed by atoms with Gasteiger partial charge in [-0.05, 0) is 30.3 Å². The fourth-order valence-electron chi connectivity index (χ4n) is 2.36. The Hall–Kier alpha value is -1.85. The zero-order valence-electron chi connectivity index (χ0n) is 12.3. The highest BCUT2D eigenvalue weighted by atomic mass is 35.5. The van der Waals surface area contributed by atoms with Crippen LogP contribution in [0.3, 0.4) is 0 Å². The van der Waals surface area contributed by atoms with E-state index in [9.17, 15) is 10.1 Å². The van der Waals surface area contributed by atoms with Crippen molar-refractivity contribution in [1.29, 1.82) is 0 Å². The molecule has 2 aromatic carbocycles. The predicted octanol–water partition coefficient (Wildman–Crippen LogP) is 6.94. The molecule has 0 unspecified atom stereocenters. The molecule has 1 aromatic heterocycles. The first-order valence-corrected chi connectivity index (χ1v) is 8.43. The fraction of sp³-hybridized carbons (Fsp3) is 0. The van der Waals surface area contributed by atoms with Crippen molar-refractivity contribution in [3.05, 3.63) is 78.9 Å². The van der Waals surface area contributed by atoms with E-state index in [0.29, 0.717) is 42.5 Å². The lowest BCUT2D eigenvalue weighted by atomic mass is 9.99. The van der Waals surface area contributed by atoms with Crippen molar-refractivity contribution in [2.45, 2.75) is 0 Å². The van der Waals surface area contributed by atoms with Crippen LogP contribution in [-0.4, -0.2) is 9.91 Å². The number of pyridine rings is 1. The van der Waals surface area contributed by atoms with Crippen LogP contribution in [-0.2, 0) is 0 Å². The molecule has 0 aliphatic rings. The third-order valence-electron chi connectivity index (χ3n) is 3.49. The molecule has 0 bridgehead atoms. The van der Waals surface area contributed by atoms with E-state index in [0.717, 1.165) is 0 Å². The third-order valence-corrected chi connectivity index (χ3v) is 4.59. The van der Waals surface area contributed by atoms with E-state index >= 15 is 0 Å². The first-order valence-electron chi connectivity index (χ1n) is 6.92. The van der Waals surface area contributed by atoms with E-state index in [1.165, 1.54) is 12.3 Å². The van der Waals surface area contributed by atoms with Crippen LogP contribution in [0.15, 0.2) is 48.7 Å². The Kier molecular flexibility index (Phi) is 5.16. The second kappa shape index (κ2) is 7.18. The average Bonchev–Trinajstić information content (AvgIpc) is 2.54. The molecule has 0 saturated carbocycles. The molecule has 0 amide bonds. The maximum Gasteiger partial charge on any atom is 0.288 e. The molecule has 126 valence electrons. The largest absolute Gasteiger partial charge is 0.288 e. The molecular formula is C17H8Cl4N2O2. The molecular weight excluding hydrogens is 406 g/mol. The van der Waals surface area contributed by atoms with Crippen molar-refractivity contribution in [1.82, 2.24) is 4.98 Å². The maximum absolute atomic E-state index is 11.2. The number of aromatic nitrogens is 1. The van der Waals surface area contributed by atoms with Gasteiger partial charge in [0.2, 0.25) is 0 Å². The van der Waals surface area contributed by atoms with E-state index in [4.69, 9.17) is 46.4 Å². The first kappa shape index (κ1) is 18.0. The predicted molar refractivity (Wildman–Crippen MR) is 102 cm³/mol. The summed E-state index contributed by atoms with van der Waals surface area (Å²) in [6.07, 6.45) is 1.17. The summed E-state index contributed by atoms with van der Waals surface area (Å²) in [7, 11) is 0. The molecule has 0 fully saturated rings. The van der Waals surface area contributed by atoms with Crippen molar-refractivity contribution in [2.24, 2.45) is 0 Å². The normalized spacial score (nSPS) is 10.7. The van der Waals surface area contributed by atoms with Gasteiger partial charge in [-0.2, -0.15) is 0 Å². The van der Waals surface area contributed by atoms with Crippen LogP contribution in [0.25, 0.3) is 22.4 Å². The number of rotatable bonds is 3. The van der Waals surface area contributed by atoms with Crippen molar-refractivity contribution >= 4 is 52.1 Å². The zero-order chi connectivity index (χ0) is 18.1. The standard InChI is InChI=1S/C17H8Cl4N2O2/c18-9-1-3-12(15(20)5-9)14-7-11(23(24)25)8-22-17(14)13-4-2-10(19)6-16(13)21/h1-8H. The highest BCUT2D eigenvalue weighted by Gasteiger charge is 2.19. The molecule has 4 nitrogen and oxygen atoms in total. The topological polar surface area (TPSA) is 56.0 Å². The highest BCUT2D eigenvalue weighted by Crippen LogP contribution is 2.40. The molecule has 0 aliphatic carbocycles. The Bertz CT molecular complexity index is 992. The summed E-state index contributed by atoms with van der Waals surface area (Å²) in [6, 6.07) is 11.2. The molecule has 25 heavy (non-hydrogen) atoms. The van der Waals surface area contributed by atoms with Crippen molar-refractivity contribution in [3.63, 3.8) is 0 Å². The summed E-state index contributed by atoms with van der Waals surface area (Å²) in [4.78, 5) is 14.9. The summed E-state index contributed by atoms with van der Waals surface area (Å²) in [6.45, 7) is 0. The van der Waals surface area contributed by atoms with Gasteiger partial charge in [0.05, 0.1) is 15.6 Å². The number of halogens is 4. The summed E-state index contributed by atoms with van der Waals surface area (Å²) < 4.78 is 0. The van der Waals surface area contributed by atoms with Gasteiger partial charge in [0.15, 0.2) is 0 Å². The lowest BCUT2D eigenvalue weighted by Gasteiger charge is -2.12. The second-order valence-electron chi connectivity index (χ2n) is 5.10. The van der Waals surface area contributed by atoms with E-state index in [-0.39, 0.29) is 5.69 Å². The molecule has 0 spiro atoms. The Balaban J connectivity index is 2.30. The smallest absolute Gasteiger partial charge is 0.258 e. The minimum atomic E-state index is -0.520. The highest BCUT2D eigenvalue weighted by molar-refractivity contribution is 6.37. The summed E-state index contributed by atoms with van der Waals surface area (Å²) in [5, 5.41) is 12.8. The molecule has 0 atom stereocenters. The SMILES string of the molecule is O=[N+]([O-])c1cnc(-c2ccc(Cl)cc2Cl)c(-c2ccc(Cl)cc2Cl)c1. The molecule has 0 radical (unpaired) electrons.